The molecule has 0 saturated carbocycles. The van der Waals surface area contributed by atoms with Gasteiger partial charge >= 0.3 is 0 Å². The van der Waals surface area contributed by atoms with E-state index in [-0.39, 0.29) is 11.5 Å². The van der Waals surface area contributed by atoms with E-state index < -0.39 is 0 Å². The summed E-state index contributed by atoms with van der Waals surface area (Å²) in [4.78, 5) is 4.38. The topological polar surface area (TPSA) is 53.4 Å². The SMILES string of the molecule is Oc1cc(Cl)c2nc3ccccc3cc2c1O. The molecule has 0 unspecified atom stereocenters. The first kappa shape index (κ1) is 10.2. The van der Waals surface area contributed by atoms with Crippen molar-refractivity contribution in [2.24, 2.45) is 0 Å². The normalized spacial score (nSPS) is 11.1. The van der Waals surface area contributed by atoms with E-state index in [0.29, 0.717) is 15.9 Å². The van der Waals surface area contributed by atoms with E-state index in [1.807, 2.05) is 24.3 Å². The summed E-state index contributed by atoms with van der Waals surface area (Å²) in [5.41, 5.74) is 1.28. The number of phenolic OH excluding ortho intramolecular Hbond substituents is 2. The standard InChI is InChI=1S/C13H8ClNO2/c14-9-6-11(16)13(17)8-5-7-3-1-2-4-10(7)15-12(8)9/h1-6,16-17H. The van der Waals surface area contributed by atoms with Crippen molar-refractivity contribution in [3.63, 3.8) is 0 Å². The zero-order chi connectivity index (χ0) is 12.0. The molecule has 0 aliphatic carbocycles. The van der Waals surface area contributed by atoms with Crippen molar-refractivity contribution in [2.75, 3.05) is 0 Å². The van der Waals surface area contributed by atoms with Crippen LogP contribution in [0.25, 0.3) is 21.8 Å². The highest BCUT2D eigenvalue weighted by Crippen LogP contribution is 2.38. The van der Waals surface area contributed by atoms with Crippen molar-refractivity contribution >= 4 is 33.4 Å². The maximum Gasteiger partial charge on any atom is 0.167 e. The van der Waals surface area contributed by atoms with Crippen LogP contribution in [0.15, 0.2) is 36.4 Å². The van der Waals surface area contributed by atoms with Crippen LogP contribution >= 0.6 is 11.6 Å². The Balaban J connectivity index is 2.56. The quantitative estimate of drug-likeness (QED) is 0.471. The van der Waals surface area contributed by atoms with E-state index in [1.54, 1.807) is 6.07 Å². The Hall–Kier alpha value is -2.00. The van der Waals surface area contributed by atoms with Gasteiger partial charge in [-0.25, -0.2) is 4.98 Å². The van der Waals surface area contributed by atoms with Gasteiger partial charge in [0.2, 0.25) is 0 Å². The van der Waals surface area contributed by atoms with Gasteiger partial charge < -0.3 is 10.2 Å². The van der Waals surface area contributed by atoms with E-state index in [2.05, 4.69) is 4.98 Å². The third-order valence-electron chi connectivity index (χ3n) is 2.71. The molecule has 2 aromatic carbocycles. The lowest BCUT2D eigenvalue weighted by molar-refractivity contribution is 0.408. The summed E-state index contributed by atoms with van der Waals surface area (Å²) in [5, 5.41) is 21.0. The van der Waals surface area contributed by atoms with Crippen LogP contribution in [0.4, 0.5) is 0 Å². The van der Waals surface area contributed by atoms with Crippen molar-refractivity contribution in [1.82, 2.24) is 4.98 Å². The predicted molar refractivity (Wildman–Crippen MR) is 67.6 cm³/mol. The Morgan fingerprint density at radius 1 is 1.06 bits per heavy atom. The first-order valence-electron chi connectivity index (χ1n) is 5.07. The molecule has 0 radical (unpaired) electrons. The number of pyridine rings is 1. The van der Waals surface area contributed by atoms with Crippen LogP contribution in [0.1, 0.15) is 0 Å². The maximum atomic E-state index is 9.79. The van der Waals surface area contributed by atoms with Crippen molar-refractivity contribution in [3.05, 3.63) is 41.4 Å². The van der Waals surface area contributed by atoms with Crippen molar-refractivity contribution in [3.8, 4) is 11.5 Å². The molecule has 3 nitrogen and oxygen atoms in total. The van der Waals surface area contributed by atoms with Crippen LogP contribution in [0, 0.1) is 0 Å². The minimum Gasteiger partial charge on any atom is -0.504 e. The van der Waals surface area contributed by atoms with E-state index in [4.69, 9.17) is 11.6 Å². The van der Waals surface area contributed by atoms with Gasteiger partial charge in [0.05, 0.1) is 16.1 Å². The van der Waals surface area contributed by atoms with Gasteiger partial charge in [-0.15, -0.1) is 0 Å². The Bertz CT molecular complexity index is 740. The minimum absolute atomic E-state index is 0.192. The maximum absolute atomic E-state index is 9.79. The molecule has 0 aliphatic rings. The second-order valence-corrected chi connectivity index (χ2v) is 4.21. The van der Waals surface area contributed by atoms with Crippen LogP contribution < -0.4 is 0 Å². The van der Waals surface area contributed by atoms with Gasteiger partial charge in [-0.1, -0.05) is 29.8 Å². The summed E-state index contributed by atoms with van der Waals surface area (Å²) in [6, 6.07) is 10.6. The summed E-state index contributed by atoms with van der Waals surface area (Å²) in [5.74, 6) is -0.428. The molecule has 4 heteroatoms. The Morgan fingerprint density at radius 3 is 2.65 bits per heavy atom. The molecule has 84 valence electrons. The summed E-state index contributed by atoms with van der Waals surface area (Å²) in [6.07, 6.45) is 0. The molecule has 1 heterocycles. The van der Waals surface area contributed by atoms with E-state index in [1.165, 1.54) is 6.07 Å². The molecule has 1 aromatic heterocycles. The van der Waals surface area contributed by atoms with Crippen molar-refractivity contribution in [2.45, 2.75) is 0 Å². The molecule has 2 N–H and O–H groups in total. The zero-order valence-electron chi connectivity index (χ0n) is 8.68. The number of hydrogen-bond acceptors (Lipinski definition) is 3. The molecular weight excluding hydrogens is 238 g/mol. The molecule has 0 fully saturated rings. The van der Waals surface area contributed by atoms with Gasteiger partial charge in [0.15, 0.2) is 11.5 Å². The summed E-state index contributed by atoms with van der Waals surface area (Å²) in [6.45, 7) is 0. The molecule has 0 amide bonds. The average molecular weight is 246 g/mol. The monoisotopic (exact) mass is 245 g/mol. The first-order chi connectivity index (χ1) is 8.16. The van der Waals surface area contributed by atoms with Crippen LogP contribution in [0.2, 0.25) is 5.02 Å². The number of aromatic nitrogens is 1. The van der Waals surface area contributed by atoms with Gasteiger partial charge in [-0.3, -0.25) is 0 Å². The summed E-state index contributed by atoms with van der Waals surface area (Å²) in [7, 11) is 0. The van der Waals surface area contributed by atoms with Gasteiger partial charge in [0.25, 0.3) is 0 Å². The van der Waals surface area contributed by atoms with Crippen molar-refractivity contribution in [1.29, 1.82) is 0 Å². The largest absolute Gasteiger partial charge is 0.504 e. The molecule has 0 aliphatic heterocycles. The number of hydrogen-bond donors (Lipinski definition) is 2. The van der Waals surface area contributed by atoms with Gasteiger partial charge in [0, 0.05) is 16.8 Å². The number of benzene rings is 2. The fraction of sp³-hybridized carbons (Fsp3) is 0. The third-order valence-corrected chi connectivity index (χ3v) is 3.00. The number of fused-ring (bicyclic) bond motifs is 2. The van der Waals surface area contributed by atoms with E-state index in [0.717, 1.165) is 10.9 Å². The Kier molecular flexibility index (Phi) is 2.09. The number of nitrogens with zero attached hydrogens (tertiary/aromatic N) is 1. The zero-order valence-corrected chi connectivity index (χ0v) is 9.44. The lowest BCUT2D eigenvalue weighted by Crippen LogP contribution is -1.84. The average Bonchev–Trinajstić information content (AvgIpc) is 2.34. The molecule has 3 rings (SSSR count). The van der Waals surface area contributed by atoms with Gasteiger partial charge in [-0.2, -0.15) is 0 Å². The number of phenols is 2. The van der Waals surface area contributed by atoms with Crippen LogP contribution in [0.5, 0.6) is 11.5 Å². The Morgan fingerprint density at radius 2 is 1.82 bits per heavy atom. The van der Waals surface area contributed by atoms with Crippen molar-refractivity contribution < 1.29 is 10.2 Å². The van der Waals surface area contributed by atoms with Gasteiger partial charge in [0.1, 0.15) is 0 Å². The van der Waals surface area contributed by atoms with Gasteiger partial charge in [-0.05, 0) is 12.1 Å². The van der Waals surface area contributed by atoms with Crippen LogP contribution in [0.3, 0.4) is 0 Å². The molecule has 0 atom stereocenters. The highest BCUT2D eigenvalue weighted by molar-refractivity contribution is 6.35. The van der Waals surface area contributed by atoms with E-state index >= 15 is 0 Å². The molecule has 0 bridgehead atoms. The minimum atomic E-state index is -0.236. The predicted octanol–water partition coefficient (Wildman–Crippen LogP) is 3.45. The first-order valence-corrected chi connectivity index (χ1v) is 5.44. The molecule has 3 aromatic rings. The highest BCUT2D eigenvalue weighted by atomic mass is 35.5. The fourth-order valence-electron chi connectivity index (χ4n) is 1.87. The molecular formula is C13H8ClNO2. The number of rotatable bonds is 0. The summed E-state index contributed by atoms with van der Waals surface area (Å²) < 4.78 is 0. The number of aromatic hydroxyl groups is 2. The number of para-hydroxylation sites is 1. The third kappa shape index (κ3) is 1.47. The highest BCUT2D eigenvalue weighted by Gasteiger charge is 2.11. The number of halogens is 1. The smallest absolute Gasteiger partial charge is 0.167 e. The second-order valence-electron chi connectivity index (χ2n) is 3.80. The lowest BCUT2D eigenvalue weighted by Gasteiger charge is -2.06. The van der Waals surface area contributed by atoms with Crippen LogP contribution in [-0.2, 0) is 0 Å². The molecule has 17 heavy (non-hydrogen) atoms. The Labute approximate surface area is 102 Å². The van der Waals surface area contributed by atoms with Crippen LogP contribution in [-0.4, -0.2) is 15.2 Å². The summed E-state index contributed by atoms with van der Waals surface area (Å²) >= 11 is 6.00. The fourth-order valence-corrected chi connectivity index (χ4v) is 2.12. The van der Waals surface area contributed by atoms with E-state index in [9.17, 15) is 10.2 Å². The molecule has 0 spiro atoms. The second kappa shape index (κ2) is 3.50. The lowest BCUT2D eigenvalue weighted by atomic mass is 10.1. The molecule has 0 saturated heterocycles.